The minimum atomic E-state index is 0.459. The Bertz CT molecular complexity index is 382. The first-order valence-electron chi connectivity index (χ1n) is 5.80. The molecule has 1 N–H and O–H groups in total. The molecule has 2 aliphatic rings. The Balaban J connectivity index is 2.12. The van der Waals surface area contributed by atoms with Crippen molar-refractivity contribution < 1.29 is 4.74 Å². The van der Waals surface area contributed by atoms with Gasteiger partial charge in [0.1, 0.15) is 5.75 Å². The third-order valence-electron chi connectivity index (χ3n) is 3.99. The van der Waals surface area contributed by atoms with E-state index in [1.54, 1.807) is 0 Å². The molecule has 1 saturated carbocycles. The van der Waals surface area contributed by atoms with Crippen LogP contribution in [0.1, 0.15) is 31.2 Å². The molecule has 1 aromatic rings. The van der Waals surface area contributed by atoms with Crippen molar-refractivity contribution >= 4 is 5.69 Å². The molecule has 3 rings (SSSR count). The molecular weight excluding hydrogens is 186 g/mol. The highest BCUT2D eigenvalue weighted by molar-refractivity contribution is 5.62. The second kappa shape index (κ2) is 3.16. The van der Waals surface area contributed by atoms with Gasteiger partial charge in [-0.15, -0.1) is 0 Å². The molecular formula is C13H17NO. The maximum absolute atomic E-state index is 5.81. The number of anilines is 1. The summed E-state index contributed by atoms with van der Waals surface area (Å²) in [5, 5.41) is 3.22. The largest absolute Gasteiger partial charge is 0.491 e. The van der Waals surface area contributed by atoms with Crippen LogP contribution in [0.2, 0.25) is 0 Å². The molecule has 2 nitrogen and oxygen atoms in total. The van der Waals surface area contributed by atoms with Crippen molar-refractivity contribution in [2.45, 2.75) is 31.1 Å². The van der Waals surface area contributed by atoms with Crippen LogP contribution in [-0.4, -0.2) is 13.7 Å². The zero-order valence-electron chi connectivity index (χ0n) is 9.18. The van der Waals surface area contributed by atoms with Crippen LogP contribution in [-0.2, 0) is 5.41 Å². The predicted molar refractivity (Wildman–Crippen MR) is 61.6 cm³/mol. The maximum Gasteiger partial charge on any atom is 0.146 e. The molecule has 1 aliphatic carbocycles. The van der Waals surface area contributed by atoms with E-state index < -0.39 is 0 Å². The Morgan fingerprint density at radius 3 is 2.80 bits per heavy atom. The van der Waals surface area contributed by atoms with E-state index in [1.165, 1.54) is 31.2 Å². The normalized spacial score (nSPS) is 21.4. The van der Waals surface area contributed by atoms with E-state index in [-0.39, 0.29) is 0 Å². The fourth-order valence-corrected chi connectivity index (χ4v) is 2.91. The van der Waals surface area contributed by atoms with E-state index in [0.29, 0.717) is 5.41 Å². The van der Waals surface area contributed by atoms with E-state index in [4.69, 9.17) is 4.74 Å². The summed E-state index contributed by atoms with van der Waals surface area (Å²) in [5.41, 5.74) is 3.03. The van der Waals surface area contributed by atoms with Gasteiger partial charge in [0.2, 0.25) is 0 Å². The van der Waals surface area contributed by atoms with Crippen molar-refractivity contribution in [3.8, 4) is 5.75 Å². The SMILES string of the molecule is CNc1cccc2c1OCCC21CCC1. The summed E-state index contributed by atoms with van der Waals surface area (Å²) in [4.78, 5) is 0. The summed E-state index contributed by atoms with van der Waals surface area (Å²) in [6.45, 7) is 0.881. The average molecular weight is 203 g/mol. The first kappa shape index (κ1) is 9.08. The Hall–Kier alpha value is -1.18. The van der Waals surface area contributed by atoms with Crippen molar-refractivity contribution in [2.24, 2.45) is 0 Å². The van der Waals surface area contributed by atoms with Crippen LogP contribution in [0.25, 0.3) is 0 Å². The molecule has 0 amide bonds. The van der Waals surface area contributed by atoms with Crippen LogP contribution in [0.5, 0.6) is 5.75 Å². The van der Waals surface area contributed by atoms with Crippen LogP contribution in [0, 0.1) is 0 Å². The zero-order chi connectivity index (χ0) is 10.3. The number of benzene rings is 1. The number of fused-ring (bicyclic) bond motifs is 2. The molecule has 0 saturated heterocycles. The van der Waals surface area contributed by atoms with Crippen molar-refractivity contribution in [3.63, 3.8) is 0 Å². The number of ether oxygens (including phenoxy) is 1. The van der Waals surface area contributed by atoms with Crippen LogP contribution in [0.3, 0.4) is 0 Å². The van der Waals surface area contributed by atoms with Gasteiger partial charge in [-0.25, -0.2) is 0 Å². The topological polar surface area (TPSA) is 21.3 Å². The van der Waals surface area contributed by atoms with Gasteiger partial charge >= 0.3 is 0 Å². The number of hydrogen-bond donors (Lipinski definition) is 1. The van der Waals surface area contributed by atoms with Gasteiger partial charge in [0.05, 0.1) is 12.3 Å². The molecule has 0 unspecified atom stereocenters. The number of para-hydroxylation sites is 1. The van der Waals surface area contributed by atoms with Crippen molar-refractivity contribution in [2.75, 3.05) is 19.0 Å². The van der Waals surface area contributed by atoms with E-state index in [2.05, 4.69) is 23.5 Å². The predicted octanol–water partition coefficient (Wildman–Crippen LogP) is 2.93. The van der Waals surface area contributed by atoms with Gasteiger partial charge in [0.15, 0.2) is 0 Å². The number of hydrogen-bond acceptors (Lipinski definition) is 2. The van der Waals surface area contributed by atoms with Crippen molar-refractivity contribution in [1.29, 1.82) is 0 Å². The van der Waals surface area contributed by atoms with Gasteiger partial charge in [-0.2, -0.15) is 0 Å². The van der Waals surface area contributed by atoms with E-state index in [0.717, 1.165) is 18.0 Å². The summed E-state index contributed by atoms with van der Waals surface area (Å²) in [6, 6.07) is 6.48. The quantitative estimate of drug-likeness (QED) is 0.757. The molecule has 0 radical (unpaired) electrons. The first-order valence-corrected chi connectivity index (χ1v) is 5.80. The van der Waals surface area contributed by atoms with E-state index >= 15 is 0 Å². The lowest BCUT2D eigenvalue weighted by Gasteiger charge is -2.46. The van der Waals surface area contributed by atoms with Crippen molar-refractivity contribution in [1.82, 2.24) is 0 Å². The van der Waals surface area contributed by atoms with Crippen LogP contribution in [0.15, 0.2) is 18.2 Å². The fraction of sp³-hybridized carbons (Fsp3) is 0.538. The molecule has 0 atom stereocenters. The fourth-order valence-electron chi connectivity index (χ4n) is 2.91. The summed E-state index contributed by atoms with van der Waals surface area (Å²) >= 11 is 0. The van der Waals surface area contributed by atoms with Crippen LogP contribution in [0.4, 0.5) is 5.69 Å². The highest BCUT2D eigenvalue weighted by Gasteiger charge is 2.43. The molecule has 0 bridgehead atoms. The zero-order valence-corrected chi connectivity index (χ0v) is 9.18. The summed E-state index contributed by atoms with van der Waals surface area (Å²) in [7, 11) is 1.96. The van der Waals surface area contributed by atoms with Crippen molar-refractivity contribution in [3.05, 3.63) is 23.8 Å². The van der Waals surface area contributed by atoms with E-state index in [9.17, 15) is 0 Å². The molecule has 1 heterocycles. The molecule has 1 spiro atoms. The smallest absolute Gasteiger partial charge is 0.146 e. The third-order valence-corrected chi connectivity index (χ3v) is 3.99. The molecule has 1 fully saturated rings. The Morgan fingerprint density at radius 1 is 1.27 bits per heavy atom. The molecule has 1 aliphatic heterocycles. The standard InChI is InChI=1S/C13H17NO/c1-14-11-5-2-4-10-12(11)15-9-8-13(10)6-3-7-13/h2,4-5,14H,3,6-9H2,1H3. The lowest BCUT2D eigenvalue weighted by atomic mass is 9.61. The monoisotopic (exact) mass is 203 g/mol. The highest BCUT2D eigenvalue weighted by Crippen LogP contribution is 2.53. The van der Waals surface area contributed by atoms with E-state index in [1.807, 2.05) is 7.05 Å². The van der Waals surface area contributed by atoms with Gasteiger partial charge in [-0.1, -0.05) is 18.6 Å². The van der Waals surface area contributed by atoms with Gasteiger partial charge in [-0.3, -0.25) is 0 Å². The van der Waals surface area contributed by atoms with Gasteiger partial charge in [0, 0.05) is 18.0 Å². The van der Waals surface area contributed by atoms with Gasteiger partial charge < -0.3 is 10.1 Å². The lowest BCUT2D eigenvalue weighted by Crippen LogP contribution is -2.39. The molecule has 80 valence electrons. The Morgan fingerprint density at radius 2 is 2.13 bits per heavy atom. The minimum Gasteiger partial charge on any atom is -0.491 e. The summed E-state index contributed by atoms with van der Waals surface area (Å²) < 4.78 is 5.81. The average Bonchev–Trinajstić information content (AvgIpc) is 2.25. The second-order valence-corrected chi connectivity index (χ2v) is 4.66. The van der Waals surface area contributed by atoms with Gasteiger partial charge in [-0.05, 0) is 25.3 Å². The minimum absolute atomic E-state index is 0.459. The number of rotatable bonds is 1. The highest BCUT2D eigenvalue weighted by atomic mass is 16.5. The second-order valence-electron chi connectivity index (χ2n) is 4.66. The van der Waals surface area contributed by atoms with Crippen LogP contribution >= 0.6 is 0 Å². The first-order chi connectivity index (χ1) is 7.36. The van der Waals surface area contributed by atoms with Crippen LogP contribution < -0.4 is 10.1 Å². The molecule has 15 heavy (non-hydrogen) atoms. The molecule has 1 aromatic carbocycles. The summed E-state index contributed by atoms with van der Waals surface area (Å²) in [5.74, 6) is 1.10. The van der Waals surface area contributed by atoms with Gasteiger partial charge in [0.25, 0.3) is 0 Å². The molecule has 2 heteroatoms. The summed E-state index contributed by atoms with van der Waals surface area (Å²) in [6.07, 6.45) is 5.27. The third kappa shape index (κ3) is 1.17. The Labute approximate surface area is 90.6 Å². The number of nitrogens with one attached hydrogen (secondary N) is 1. The molecule has 0 aromatic heterocycles. The Kier molecular flexibility index (Phi) is 1.91. The lowest BCUT2D eigenvalue weighted by molar-refractivity contribution is 0.144. The maximum atomic E-state index is 5.81.